The molecule has 2 heterocycles. The summed E-state index contributed by atoms with van der Waals surface area (Å²) >= 11 is 0. The lowest BCUT2D eigenvalue weighted by Gasteiger charge is -1.45. The van der Waals surface area contributed by atoms with Gasteiger partial charge in [-0.05, 0) is 0 Å². The zero-order valence-corrected chi connectivity index (χ0v) is 4.91. The molecule has 0 unspecified atom stereocenters. The molecule has 0 atom stereocenters. The molecule has 2 aromatic heterocycles. The van der Waals surface area contributed by atoms with E-state index in [0.29, 0.717) is 0 Å². The quantitative estimate of drug-likeness (QED) is 0.517. The molecule has 0 N–H and O–H groups in total. The van der Waals surface area contributed by atoms with Crippen LogP contribution >= 0.6 is 0 Å². The lowest BCUT2D eigenvalue weighted by Crippen LogP contribution is -1.44. The smallest absolute Gasteiger partial charge is 0.0913 e. The molecule has 0 amide bonds. The number of hydrogen-bond donors (Lipinski definition) is 0. The van der Waals surface area contributed by atoms with E-state index in [4.69, 9.17) is 0 Å². The van der Waals surface area contributed by atoms with E-state index in [1.807, 2.05) is 0 Å². The van der Waals surface area contributed by atoms with E-state index >= 15 is 0 Å². The van der Waals surface area contributed by atoms with Gasteiger partial charge >= 0.3 is 0 Å². The van der Waals surface area contributed by atoms with E-state index in [2.05, 4.69) is 29.9 Å². The second-order valence-electron chi connectivity index (χ2n) is 1.18. The minimum Gasteiger partial charge on any atom is -0.245 e. The van der Waals surface area contributed by atoms with Crippen LogP contribution in [0.1, 0.15) is 0 Å². The van der Waals surface area contributed by atoms with Gasteiger partial charge < -0.3 is 0 Å². The van der Waals surface area contributed by atoms with Gasteiger partial charge in [-0.25, -0.2) is 9.26 Å². The monoisotopic (exact) mass is 140 g/mol. The van der Waals surface area contributed by atoms with Crippen LogP contribution in [0.4, 0.5) is 0 Å². The van der Waals surface area contributed by atoms with Gasteiger partial charge in [0.2, 0.25) is 0 Å². The van der Waals surface area contributed by atoms with Gasteiger partial charge in [0, 0.05) is 0 Å². The van der Waals surface area contributed by atoms with Gasteiger partial charge in [0.15, 0.2) is 0 Å². The SMILES string of the molecule is c1cnon1.c1cnon1. The zero-order valence-electron chi connectivity index (χ0n) is 4.91. The Hall–Kier alpha value is -1.72. The summed E-state index contributed by atoms with van der Waals surface area (Å²) in [6.07, 6.45) is 5.89. The fourth-order valence-corrected chi connectivity index (χ4v) is 0.272. The van der Waals surface area contributed by atoms with E-state index in [-0.39, 0.29) is 0 Å². The minimum atomic E-state index is 1.47. The zero-order chi connectivity index (χ0) is 7.07. The Balaban J connectivity index is 0.0000001000. The van der Waals surface area contributed by atoms with Crippen molar-refractivity contribution in [3.8, 4) is 0 Å². The molecule has 0 radical (unpaired) electrons. The van der Waals surface area contributed by atoms with Crippen molar-refractivity contribution < 1.29 is 9.26 Å². The van der Waals surface area contributed by atoms with E-state index in [1.54, 1.807) is 0 Å². The summed E-state index contributed by atoms with van der Waals surface area (Å²) in [5.41, 5.74) is 0. The summed E-state index contributed by atoms with van der Waals surface area (Å²) in [5.74, 6) is 0. The fraction of sp³-hybridized carbons (Fsp3) is 0. The molecule has 6 nitrogen and oxygen atoms in total. The second-order valence-corrected chi connectivity index (χ2v) is 1.18. The normalized spacial score (nSPS) is 8.00. The van der Waals surface area contributed by atoms with Gasteiger partial charge in [-0.3, -0.25) is 0 Å². The van der Waals surface area contributed by atoms with E-state index in [0.717, 1.165) is 0 Å². The third-order valence-corrected chi connectivity index (χ3v) is 0.565. The third kappa shape index (κ3) is 2.55. The minimum absolute atomic E-state index is 1.47. The molecule has 0 aliphatic heterocycles. The highest BCUT2D eigenvalue weighted by molar-refractivity contribution is 4.52. The average Bonchev–Trinajstić information content (AvgIpc) is 2.67. The molecule has 2 aromatic rings. The number of rotatable bonds is 0. The topological polar surface area (TPSA) is 77.8 Å². The van der Waals surface area contributed by atoms with Crippen LogP contribution in [-0.4, -0.2) is 20.6 Å². The average molecular weight is 140 g/mol. The number of nitrogens with zero attached hydrogens (tertiary/aromatic N) is 4. The van der Waals surface area contributed by atoms with Crippen molar-refractivity contribution in [3.63, 3.8) is 0 Å². The van der Waals surface area contributed by atoms with Crippen LogP contribution in [0.5, 0.6) is 0 Å². The molecule has 0 spiro atoms. The third-order valence-electron chi connectivity index (χ3n) is 0.565. The van der Waals surface area contributed by atoms with Crippen molar-refractivity contribution in [1.82, 2.24) is 20.6 Å². The van der Waals surface area contributed by atoms with Crippen LogP contribution in [-0.2, 0) is 0 Å². The Morgan fingerprint density at radius 3 is 1.00 bits per heavy atom. The molecule has 0 fully saturated rings. The highest BCUT2D eigenvalue weighted by atomic mass is 16.6. The lowest BCUT2D eigenvalue weighted by molar-refractivity contribution is 0.307. The van der Waals surface area contributed by atoms with Crippen molar-refractivity contribution in [2.45, 2.75) is 0 Å². The first-order valence-electron chi connectivity index (χ1n) is 2.43. The van der Waals surface area contributed by atoms with Gasteiger partial charge in [-0.15, -0.1) is 0 Å². The maximum absolute atomic E-state index is 4.08. The standard InChI is InChI=1S/2C2H2N2O/c2*1-2-4-5-3-1/h2*1-2H. The van der Waals surface area contributed by atoms with Crippen LogP contribution in [0.25, 0.3) is 0 Å². The van der Waals surface area contributed by atoms with Crippen molar-refractivity contribution in [1.29, 1.82) is 0 Å². The first-order valence-corrected chi connectivity index (χ1v) is 2.43. The highest BCUT2D eigenvalue weighted by Gasteiger charge is 1.62. The van der Waals surface area contributed by atoms with Crippen LogP contribution in [0, 0.1) is 0 Å². The molecule has 0 bridgehead atoms. The maximum Gasteiger partial charge on any atom is 0.0913 e. The van der Waals surface area contributed by atoms with Gasteiger partial charge in [-0.1, -0.05) is 20.6 Å². The van der Waals surface area contributed by atoms with Gasteiger partial charge in [0.1, 0.15) is 0 Å². The number of aromatic nitrogens is 4. The summed E-state index contributed by atoms with van der Waals surface area (Å²) in [4.78, 5) is 0. The maximum atomic E-state index is 4.08. The molecule has 0 saturated heterocycles. The fourth-order valence-electron chi connectivity index (χ4n) is 0.272. The predicted molar refractivity (Wildman–Crippen MR) is 28.6 cm³/mol. The van der Waals surface area contributed by atoms with Crippen molar-refractivity contribution in [2.24, 2.45) is 0 Å². The van der Waals surface area contributed by atoms with E-state index in [1.165, 1.54) is 24.8 Å². The van der Waals surface area contributed by atoms with E-state index in [9.17, 15) is 0 Å². The summed E-state index contributed by atoms with van der Waals surface area (Å²) in [6, 6.07) is 0. The first kappa shape index (κ1) is 6.40. The largest absolute Gasteiger partial charge is 0.245 e. The van der Waals surface area contributed by atoms with Crippen LogP contribution in [0.3, 0.4) is 0 Å². The lowest BCUT2D eigenvalue weighted by atomic mass is 11.0. The van der Waals surface area contributed by atoms with E-state index < -0.39 is 0 Å². The summed E-state index contributed by atoms with van der Waals surface area (Å²) in [6.45, 7) is 0. The Labute approximate surface area is 55.8 Å². The molecule has 10 heavy (non-hydrogen) atoms. The predicted octanol–water partition coefficient (Wildman–Crippen LogP) is 0.139. The number of hydrogen-bond acceptors (Lipinski definition) is 6. The summed E-state index contributed by atoms with van der Waals surface area (Å²) in [7, 11) is 0. The van der Waals surface area contributed by atoms with Crippen molar-refractivity contribution in [3.05, 3.63) is 24.8 Å². The van der Waals surface area contributed by atoms with Gasteiger partial charge in [-0.2, -0.15) is 0 Å². The summed E-state index contributed by atoms with van der Waals surface area (Å²) in [5, 5.41) is 12.9. The highest BCUT2D eigenvalue weighted by Crippen LogP contribution is 1.63. The molecule has 0 aromatic carbocycles. The summed E-state index contributed by atoms with van der Waals surface area (Å²) < 4.78 is 8.17. The van der Waals surface area contributed by atoms with Gasteiger partial charge in [0.05, 0.1) is 24.8 Å². The Bertz CT molecular complexity index is 154. The van der Waals surface area contributed by atoms with Crippen molar-refractivity contribution >= 4 is 0 Å². The second kappa shape index (κ2) is 4.19. The van der Waals surface area contributed by atoms with Gasteiger partial charge in [0.25, 0.3) is 0 Å². The molecule has 2 rings (SSSR count). The molecule has 0 aliphatic carbocycles. The first-order chi connectivity index (χ1) is 5.00. The molecule has 6 heteroatoms. The molecule has 0 saturated carbocycles. The van der Waals surface area contributed by atoms with Crippen LogP contribution < -0.4 is 0 Å². The molecular weight excluding hydrogens is 136 g/mol. The van der Waals surface area contributed by atoms with Crippen LogP contribution in [0.2, 0.25) is 0 Å². The molecular formula is C4H4N4O2. The molecule has 52 valence electrons. The van der Waals surface area contributed by atoms with Crippen molar-refractivity contribution in [2.75, 3.05) is 0 Å². The molecule has 0 aliphatic rings. The van der Waals surface area contributed by atoms with Crippen LogP contribution in [0.15, 0.2) is 34.0 Å². The Kier molecular flexibility index (Phi) is 2.68. The Morgan fingerprint density at radius 2 is 0.900 bits per heavy atom. The Morgan fingerprint density at radius 1 is 0.600 bits per heavy atom.